The molecule has 4 heteroatoms. The second kappa shape index (κ2) is 5.27. The van der Waals surface area contributed by atoms with Crippen LogP contribution in [0.4, 0.5) is 5.69 Å². The molecule has 2 N–H and O–H groups in total. The van der Waals surface area contributed by atoms with Crippen molar-refractivity contribution in [1.29, 1.82) is 0 Å². The van der Waals surface area contributed by atoms with Crippen LogP contribution in [0.15, 0.2) is 30.3 Å². The number of rotatable bonds is 3. The van der Waals surface area contributed by atoms with Gasteiger partial charge in [0.25, 0.3) is 0 Å². The van der Waals surface area contributed by atoms with E-state index < -0.39 is 0 Å². The molecule has 0 atom stereocenters. The van der Waals surface area contributed by atoms with Crippen molar-refractivity contribution >= 4 is 17.3 Å². The summed E-state index contributed by atoms with van der Waals surface area (Å²) >= 11 is 6.05. The van der Waals surface area contributed by atoms with Gasteiger partial charge in [-0.3, -0.25) is 4.98 Å². The van der Waals surface area contributed by atoms with Gasteiger partial charge in [0.05, 0.1) is 11.4 Å². The van der Waals surface area contributed by atoms with Crippen LogP contribution in [0.5, 0.6) is 5.75 Å². The van der Waals surface area contributed by atoms with Crippen LogP contribution in [0.3, 0.4) is 0 Å². The van der Waals surface area contributed by atoms with E-state index >= 15 is 0 Å². The van der Waals surface area contributed by atoms with Crippen LogP contribution >= 0.6 is 11.6 Å². The summed E-state index contributed by atoms with van der Waals surface area (Å²) in [4.78, 5) is 4.37. The lowest BCUT2D eigenvalue weighted by Crippen LogP contribution is -2.03. The molecule has 0 aliphatic rings. The molecule has 94 valence electrons. The summed E-state index contributed by atoms with van der Waals surface area (Å²) in [6.45, 7) is 4.37. The van der Waals surface area contributed by atoms with Gasteiger partial charge in [-0.15, -0.1) is 0 Å². The Kier molecular flexibility index (Phi) is 3.72. The van der Waals surface area contributed by atoms with Crippen molar-refractivity contribution in [3.63, 3.8) is 0 Å². The Morgan fingerprint density at radius 3 is 2.67 bits per heavy atom. The Balaban J connectivity index is 2.16. The lowest BCUT2D eigenvalue weighted by Gasteiger charge is -2.11. The number of halogens is 1. The average molecular weight is 263 g/mol. The lowest BCUT2D eigenvalue weighted by atomic mass is 10.2. The van der Waals surface area contributed by atoms with E-state index in [2.05, 4.69) is 10.3 Å². The zero-order chi connectivity index (χ0) is 13.1. The highest BCUT2D eigenvalue weighted by Gasteiger charge is 2.06. The van der Waals surface area contributed by atoms with E-state index in [0.717, 1.165) is 17.1 Å². The number of phenols is 1. The molecule has 0 spiro atoms. The molecule has 0 saturated carbocycles. The van der Waals surface area contributed by atoms with Gasteiger partial charge in [0.1, 0.15) is 5.75 Å². The van der Waals surface area contributed by atoms with Crippen molar-refractivity contribution in [3.05, 3.63) is 52.3 Å². The first-order valence-corrected chi connectivity index (χ1v) is 6.10. The smallest absolute Gasteiger partial charge is 0.122 e. The maximum atomic E-state index is 9.74. The van der Waals surface area contributed by atoms with E-state index in [9.17, 15) is 5.11 Å². The lowest BCUT2D eigenvalue weighted by molar-refractivity contribution is 0.469. The summed E-state index contributed by atoms with van der Waals surface area (Å²) in [5, 5.41) is 13.5. The van der Waals surface area contributed by atoms with E-state index in [0.29, 0.717) is 17.1 Å². The van der Waals surface area contributed by atoms with E-state index in [1.165, 1.54) is 0 Å². The molecule has 1 aromatic carbocycles. The highest BCUT2D eigenvalue weighted by atomic mass is 35.5. The fraction of sp³-hybridized carbons (Fsp3) is 0.214. The van der Waals surface area contributed by atoms with Crippen LogP contribution in [-0.4, -0.2) is 10.1 Å². The molecule has 0 amide bonds. The standard InChI is InChI=1S/C14H15ClN2O/c1-9-6-7-13(10(2)17-9)16-8-11-12(15)4-3-5-14(11)18/h3-7,16,18H,8H2,1-2H3. The zero-order valence-corrected chi connectivity index (χ0v) is 11.1. The Morgan fingerprint density at radius 1 is 1.22 bits per heavy atom. The van der Waals surface area contributed by atoms with Gasteiger partial charge in [0.15, 0.2) is 0 Å². The maximum absolute atomic E-state index is 9.74. The number of hydrogen-bond acceptors (Lipinski definition) is 3. The molecule has 0 unspecified atom stereocenters. The Labute approximate surface area is 111 Å². The molecule has 18 heavy (non-hydrogen) atoms. The molecule has 1 aromatic heterocycles. The van der Waals surface area contributed by atoms with Crippen LogP contribution < -0.4 is 5.32 Å². The highest BCUT2D eigenvalue weighted by Crippen LogP contribution is 2.26. The summed E-state index contributed by atoms with van der Waals surface area (Å²) in [5.41, 5.74) is 3.55. The molecule has 2 aromatic rings. The van der Waals surface area contributed by atoms with Crippen LogP contribution in [-0.2, 0) is 6.54 Å². The summed E-state index contributed by atoms with van der Waals surface area (Å²) in [6.07, 6.45) is 0. The number of aromatic nitrogens is 1. The molecule has 3 nitrogen and oxygen atoms in total. The molecular formula is C14H15ClN2O. The number of pyridine rings is 1. The second-order valence-electron chi connectivity index (χ2n) is 4.18. The third-order valence-corrected chi connectivity index (χ3v) is 3.13. The summed E-state index contributed by atoms with van der Waals surface area (Å²) in [6, 6.07) is 9.04. The molecule has 0 radical (unpaired) electrons. The van der Waals surface area contributed by atoms with Gasteiger partial charge in [-0.2, -0.15) is 0 Å². The number of aromatic hydroxyl groups is 1. The minimum Gasteiger partial charge on any atom is -0.508 e. The summed E-state index contributed by atoms with van der Waals surface area (Å²) in [5.74, 6) is 0.202. The SMILES string of the molecule is Cc1ccc(NCc2c(O)cccc2Cl)c(C)n1. The quantitative estimate of drug-likeness (QED) is 0.887. The van der Waals surface area contributed by atoms with Crippen molar-refractivity contribution in [1.82, 2.24) is 4.98 Å². The Morgan fingerprint density at radius 2 is 2.00 bits per heavy atom. The van der Waals surface area contributed by atoms with Gasteiger partial charge in [-0.05, 0) is 38.1 Å². The first-order valence-electron chi connectivity index (χ1n) is 5.72. The fourth-order valence-corrected chi connectivity index (χ4v) is 2.02. The van der Waals surface area contributed by atoms with Gasteiger partial charge in [-0.25, -0.2) is 0 Å². The maximum Gasteiger partial charge on any atom is 0.122 e. The third-order valence-electron chi connectivity index (χ3n) is 2.77. The number of phenolic OH excluding ortho intramolecular Hbond substituents is 1. The number of nitrogens with zero attached hydrogens (tertiary/aromatic N) is 1. The normalized spacial score (nSPS) is 10.4. The first-order chi connectivity index (χ1) is 8.58. The fourth-order valence-electron chi connectivity index (χ4n) is 1.78. The van der Waals surface area contributed by atoms with Crippen molar-refractivity contribution < 1.29 is 5.11 Å². The highest BCUT2D eigenvalue weighted by molar-refractivity contribution is 6.31. The van der Waals surface area contributed by atoms with E-state index in [4.69, 9.17) is 11.6 Å². The monoisotopic (exact) mass is 262 g/mol. The van der Waals surface area contributed by atoms with Gasteiger partial charge in [0.2, 0.25) is 0 Å². The van der Waals surface area contributed by atoms with Crippen molar-refractivity contribution in [2.24, 2.45) is 0 Å². The molecule has 1 heterocycles. The molecule has 2 rings (SSSR count). The van der Waals surface area contributed by atoms with Crippen LogP contribution in [0.25, 0.3) is 0 Å². The Hall–Kier alpha value is -1.74. The summed E-state index contributed by atoms with van der Waals surface area (Å²) in [7, 11) is 0. The minimum atomic E-state index is 0.202. The van der Waals surface area contributed by atoms with Crippen molar-refractivity contribution in [3.8, 4) is 5.75 Å². The second-order valence-corrected chi connectivity index (χ2v) is 4.58. The molecule has 0 fully saturated rings. The Bertz CT molecular complexity index is 549. The molecule has 0 bridgehead atoms. The molecular weight excluding hydrogens is 248 g/mol. The van der Waals surface area contributed by atoms with Crippen LogP contribution in [0.1, 0.15) is 17.0 Å². The van der Waals surface area contributed by atoms with Gasteiger partial charge >= 0.3 is 0 Å². The number of nitrogens with one attached hydrogen (secondary N) is 1. The average Bonchev–Trinajstić information content (AvgIpc) is 2.31. The minimum absolute atomic E-state index is 0.202. The van der Waals surface area contributed by atoms with Gasteiger partial charge in [-0.1, -0.05) is 17.7 Å². The number of hydrogen-bond donors (Lipinski definition) is 2. The number of aryl methyl sites for hydroxylation is 2. The van der Waals surface area contributed by atoms with E-state index in [1.54, 1.807) is 18.2 Å². The largest absolute Gasteiger partial charge is 0.508 e. The predicted octanol–water partition coefficient (Wildman–Crippen LogP) is 3.67. The van der Waals surface area contributed by atoms with Crippen molar-refractivity contribution in [2.75, 3.05) is 5.32 Å². The van der Waals surface area contributed by atoms with Gasteiger partial charge < -0.3 is 10.4 Å². The third kappa shape index (κ3) is 2.74. The number of benzene rings is 1. The number of anilines is 1. The van der Waals surface area contributed by atoms with Crippen molar-refractivity contribution in [2.45, 2.75) is 20.4 Å². The van der Waals surface area contributed by atoms with Crippen LogP contribution in [0.2, 0.25) is 5.02 Å². The van der Waals surface area contributed by atoms with E-state index in [-0.39, 0.29) is 5.75 Å². The first kappa shape index (κ1) is 12.7. The summed E-state index contributed by atoms with van der Waals surface area (Å²) < 4.78 is 0. The zero-order valence-electron chi connectivity index (χ0n) is 10.4. The van der Waals surface area contributed by atoms with E-state index in [1.807, 2.05) is 26.0 Å². The molecule has 0 aliphatic heterocycles. The topological polar surface area (TPSA) is 45.1 Å². The van der Waals surface area contributed by atoms with Gasteiger partial charge in [0, 0.05) is 22.8 Å². The molecule has 0 saturated heterocycles. The van der Waals surface area contributed by atoms with Crippen LogP contribution in [0, 0.1) is 13.8 Å². The molecule has 0 aliphatic carbocycles. The predicted molar refractivity (Wildman–Crippen MR) is 74.2 cm³/mol.